The second-order valence-corrected chi connectivity index (χ2v) is 4.66. The molecular weight excluding hydrogens is 244 g/mol. The summed E-state index contributed by atoms with van der Waals surface area (Å²) in [6, 6.07) is 6.67. The summed E-state index contributed by atoms with van der Waals surface area (Å²) in [5.41, 5.74) is 5.71. The van der Waals surface area contributed by atoms with Gasteiger partial charge in [-0.15, -0.1) is 0 Å². The van der Waals surface area contributed by atoms with E-state index in [0.717, 1.165) is 6.42 Å². The highest BCUT2D eigenvalue weighted by Crippen LogP contribution is 2.18. The van der Waals surface area contributed by atoms with Crippen molar-refractivity contribution < 1.29 is 14.3 Å². The number of carbonyl (C=O) groups is 2. The first-order valence-electron chi connectivity index (χ1n) is 6.20. The fraction of sp³-hybridized carbons (Fsp3) is 0.429. The van der Waals surface area contributed by atoms with Crippen LogP contribution < -0.4 is 11.1 Å². The Hall–Kier alpha value is -1.88. The third-order valence-electron chi connectivity index (χ3n) is 2.87. The van der Waals surface area contributed by atoms with Crippen LogP contribution in [0.5, 0.6) is 0 Å². The SMILES string of the molecule is CCCC(C)(N)C(=O)Nc1ccccc1C(=O)OC. The van der Waals surface area contributed by atoms with Crippen LogP contribution >= 0.6 is 0 Å². The highest BCUT2D eigenvalue weighted by atomic mass is 16.5. The largest absolute Gasteiger partial charge is 0.465 e. The molecule has 1 aromatic rings. The van der Waals surface area contributed by atoms with E-state index >= 15 is 0 Å². The van der Waals surface area contributed by atoms with Crippen molar-refractivity contribution in [2.24, 2.45) is 5.73 Å². The summed E-state index contributed by atoms with van der Waals surface area (Å²) in [6.45, 7) is 3.63. The molecule has 1 rings (SSSR count). The topological polar surface area (TPSA) is 81.4 Å². The number of ether oxygens (including phenoxy) is 1. The van der Waals surface area contributed by atoms with Gasteiger partial charge in [0.1, 0.15) is 0 Å². The monoisotopic (exact) mass is 264 g/mol. The van der Waals surface area contributed by atoms with Crippen molar-refractivity contribution in [1.82, 2.24) is 0 Å². The molecule has 19 heavy (non-hydrogen) atoms. The average molecular weight is 264 g/mol. The zero-order valence-corrected chi connectivity index (χ0v) is 11.5. The number of hydrogen-bond donors (Lipinski definition) is 2. The zero-order valence-electron chi connectivity index (χ0n) is 11.5. The highest BCUT2D eigenvalue weighted by Gasteiger charge is 2.28. The predicted molar refractivity (Wildman–Crippen MR) is 73.9 cm³/mol. The van der Waals surface area contributed by atoms with Crippen molar-refractivity contribution in [2.45, 2.75) is 32.2 Å². The molecule has 0 heterocycles. The van der Waals surface area contributed by atoms with Crippen molar-refractivity contribution in [2.75, 3.05) is 12.4 Å². The first-order valence-corrected chi connectivity index (χ1v) is 6.20. The van der Waals surface area contributed by atoms with Gasteiger partial charge in [0, 0.05) is 0 Å². The summed E-state index contributed by atoms with van der Waals surface area (Å²) in [5, 5.41) is 2.69. The number of benzene rings is 1. The van der Waals surface area contributed by atoms with Crippen LogP contribution in [0.25, 0.3) is 0 Å². The van der Waals surface area contributed by atoms with Crippen LogP contribution in [0.4, 0.5) is 5.69 Å². The Labute approximate surface area is 113 Å². The van der Waals surface area contributed by atoms with Crippen molar-refractivity contribution in [1.29, 1.82) is 0 Å². The van der Waals surface area contributed by atoms with Crippen LogP contribution in [0.3, 0.4) is 0 Å². The normalized spacial score (nSPS) is 13.5. The van der Waals surface area contributed by atoms with Crippen molar-refractivity contribution >= 4 is 17.6 Å². The van der Waals surface area contributed by atoms with Gasteiger partial charge in [-0.05, 0) is 25.5 Å². The molecule has 0 aliphatic carbocycles. The van der Waals surface area contributed by atoms with Crippen LogP contribution in [-0.2, 0) is 9.53 Å². The van der Waals surface area contributed by atoms with E-state index in [1.165, 1.54) is 7.11 Å². The molecule has 1 amide bonds. The Bertz CT molecular complexity index is 470. The van der Waals surface area contributed by atoms with Crippen molar-refractivity contribution in [3.8, 4) is 0 Å². The van der Waals surface area contributed by atoms with Gasteiger partial charge in [-0.3, -0.25) is 4.79 Å². The van der Waals surface area contributed by atoms with E-state index in [1.54, 1.807) is 31.2 Å². The molecule has 3 N–H and O–H groups in total. The Morgan fingerprint density at radius 2 is 2.00 bits per heavy atom. The molecule has 0 aliphatic rings. The molecule has 5 heteroatoms. The van der Waals surface area contributed by atoms with Gasteiger partial charge in [-0.1, -0.05) is 25.5 Å². The summed E-state index contributed by atoms with van der Waals surface area (Å²) in [6.07, 6.45) is 1.37. The molecule has 0 bridgehead atoms. The van der Waals surface area contributed by atoms with Gasteiger partial charge in [0.05, 0.1) is 23.9 Å². The smallest absolute Gasteiger partial charge is 0.339 e. The fourth-order valence-corrected chi connectivity index (χ4v) is 1.78. The number of nitrogens with two attached hydrogens (primary N) is 1. The molecule has 0 saturated carbocycles. The van der Waals surface area contributed by atoms with Gasteiger partial charge >= 0.3 is 5.97 Å². The molecule has 0 aliphatic heterocycles. The number of para-hydroxylation sites is 1. The Kier molecular flexibility index (Phi) is 5.06. The first kappa shape index (κ1) is 15.2. The van der Waals surface area contributed by atoms with Gasteiger partial charge < -0.3 is 15.8 Å². The van der Waals surface area contributed by atoms with Crippen molar-refractivity contribution in [3.05, 3.63) is 29.8 Å². The summed E-state index contributed by atoms with van der Waals surface area (Å²) >= 11 is 0. The highest BCUT2D eigenvalue weighted by molar-refractivity contribution is 6.03. The molecule has 0 spiro atoms. The maximum Gasteiger partial charge on any atom is 0.339 e. The number of anilines is 1. The molecule has 0 radical (unpaired) electrons. The number of rotatable bonds is 5. The second kappa shape index (κ2) is 6.33. The number of carbonyl (C=O) groups excluding carboxylic acids is 2. The predicted octanol–water partition coefficient (Wildman–Crippen LogP) is 1.93. The summed E-state index contributed by atoms with van der Waals surface area (Å²) < 4.78 is 4.67. The lowest BCUT2D eigenvalue weighted by atomic mass is 9.96. The first-order chi connectivity index (χ1) is 8.92. The summed E-state index contributed by atoms with van der Waals surface area (Å²) in [5.74, 6) is -0.809. The molecule has 1 aromatic carbocycles. The van der Waals surface area contributed by atoms with E-state index in [0.29, 0.717) is 17.7 Å². The number of methoxy groups -OCH3 is 1. The van der Waals surface area contributed by atoms with E-state index < -0.39 is 11.5 Å². The van der Waals surface area contributed by atoms with Crippen LogP contribution in [-0.4, -0.2) is 24.5 Å². The Balaban J connectivity index is 2.94. The third kappa shape index (κ3) is 3.79. The quantitative estimate of drug-likeness (QED) is 0.796. The van der Waals surface area contributed by atoms with Crippen LogP contribution in [0.1, 0.15) is 37.0 Å². The van der Waals surface area contributed by atoms with Crippen molar-refractivity contribution in [3.63, 3.8) is 0 Å². The minimum atomic E-state index is -0.960. The van der Waals surface area contributed by atoms with E-state index in [4.69, 9.17) is 5.73 Å². The minimum Gasteiger partial charge on any atom is -0.465 e. The lowest BCUT2D eigenvalue weighted by molar-refractivity contribution is -0.120. The summed E-state index contributed by atoms with van der Waals surface area (Å²) in [4.78, 5) is 23.7. The molecule has 1 atom stereocenters. The second-order valence-electron chi connectivity index (χ2n) is 4.66. The third-order valence-corrected chi connectivity index (χ3v) is 2.87. The minimum absolute atomic E-state index is 0.311. The maximum absolute atomic E-state index is 12.1. The lowest BCUT2D eigenvalue weighted by Gasteiger charge is -2.23. The van der Waals surface area contributed by atoms with Crippen LogP contribution in [0.2, 0.25) is 0 Å². The van der Waals surface area contributed by atoms with Gasteiger partial charge in [0.15, 0.2) is 0 Å². The van der Waals surface area contributed by atoms with E-state index in [1.807, 2.05) is 6.92 Å². The molecule has 104 valence electrons. The molecule has 0 aromatic heterocycles. The maximum atomic E-state index is 12.1. The summed E-state index contributed by atoms with van der Waals surface area (Å²) in [7, 11) is 1.30. The number of amides is 1. The fourth-order valence-electron chi connectivity index (χ4n) is 1.78. The number of esters is 1. The van der Waals surface area contributed by atoms with Crippen LogP contribution in [0.15, 0.2) is 24.3 Å². The number of hydrogen-bond acceptors (Lipinski definition) is 4. The Morgan fingerprint density at radius 1 is 1.37 bits per heavy atom. The van der Waals surface area contributed by atoms with E-state index in [2.05, 4.69) is 10.1 Å². The molecular formula is C14H20N2O3. The van der Waals surface area contributed by atoms with Gasteiger partial charge in [-0.25, -0.2) is 4.79 Å². The Morgan fingerprint density at radius 3 is 2.58 bits per heavy atom. The van der Waals surface area contributed by atoms with Gasteiger partial charge in [-0.2, -0.15) is 0 Å². The van der Waals surface area contributed by atoms with Gasteiger partial charge in [0.2, 0.25) is 5.91 Å². The molecule has 5 nitrogen and oxygen atoms in total. The van der Waals surface area contributed by atoms with Crippen LogP contribution in [0, 0.1) is 0 Å². The molecule has 0 fully saturated rings. The number of nitrogens with one attached hydrogen (secondary N) is 1. The molecule has 1 unspecified atom stereocenters. The standard InChI is InChI=1S/C14H20N2O3/c1-4-9-14(2,15)13(18)16-11-8-6-5-7-10(11)12(17)19-3/h5-8H,4,9,15H2,1-3H3,(H,16,18). The molecule has 0 saturated heterocycles. The lowest BCUT2D eigenvalue weighted by Crippen LogP contribution is -2.48. The zero-order chi connectivity index (χ0) is 14.5. The van der Waals surface area contributed by atoms with Gasteiger partial charge in [0.25, 0.3) is 0 Å². The van der Waals surface area contributed by atoms with E-state index in [-0.39, 0.29) is 5.91 Å². The average Bonchev–Trinajstić information content (AvgIpc) is 2.38. The van der Waals surface area contributed by atoms with E-state index in [9.17, 15) is 9.59 Å².